The molecule has 0 spiro atoms. The lowest BCUT2D eigenvalue weighted by molar-refractivity contribution is -0.149. The fraction of sp³-hybridized carbons (Fsp3) is 0.357. The zero-order valence-corrected chi connectivity index (χ0v) is 10.7. The van der Waals surface area contributed by atoms with Crippen LogP contribution in [0.1, 0.15) is 37.6 Å². The molecule has 18 heavy (non-hydrogen) atoms. The Bertz CT molecular complexity index is 448. The van der Waals surface area contributed by atoms with Crippen molar-refractivity contribution in [3.63, 3.8) is 0 Å². The highest BCUT2D eigenvalue weighted by molar-refractivity contribution is 6.10. The number of esters is 1. The quantitative estimate of drug-likeness (QED) is 0.592. The van der Waals surface area contributed by atoms with E-state index < -0.39 is 23.1 Å². The summed E-state index contributed by atoms with van der Waals surface area (Å²) in [6.07, 6.45) is 0.135. The molecule has 0 saturated carbocycles. The van der Waals surface area contributed by atoms with E-state index in [-0.39, 0.29) is 6.42 Å². The van der Waals surface area contributed by atoms with Gasteiger partial charge in [0.15, 0.2) is 11.6 Å². The zero-order chi connectivity index (χ0) is 13.8. The third-order valence-electron chi connectivity index (χ3n) is 2.91. The van der Waals surface area contributed by atoms with Gasteiger partial charge in [0.1, 0.15) is 0 Å². The first-order chi connectivity index (χ1) is 8.44. The number of hydrogen-bond donors (Lipinski definition) is 0. The van der Waals surface area contributed by atoms with E-state index in [9.17, 15) is 14.4 Å². The monoisotopic (exact) mass is 248 g/mol. The van der Waals surface area contributed by atoms with E-state index in [1.165, 1.54) is 13.8 Å². The van der Waals surface area contributed by atoms with Crippen LogP contribution in [0.3, 0.4) is 0 Å². The molecule has 0 unspecified atom stereocenters. The molecule has 1 rings (SSSR count). The summed E-state index contributed by atoms with van der Waals surface area (Å²) < 4.78 is 5.16. The van der Waals surface area contributed by atoms with E-state index in [1.807, 2.05) is 0 Å². The molecule has 0 N–H and O–H groups in total. The van der Waals surface area contributed by atoms with Crippen LogP contribution in [0.4, 0.5) is 0 Å². The second kappa shape index (κ2) is 5.58. The number of carbonyl (C=O) groups excluding carboxylic acids is 3. The summed E-state index contributed by atoms with van der Waals surface area (Å²) in [5, 5.41) is 0. The summed E-state index contributed by atoms with van der Waals surface area (Å²) in [5.74, 6) is -1.58. The Morgan fingerprint density at radius 2 is 1.56 bits per heavy atom. The molecule has 0 heterocycles. The molecule has 4 heteroatoms. The fourth-order valence-corrected chi connectivity index (χ4v) is 1.75. The number of ether oxygens (including phenoxy) is 1. The molecule has 0 aliphatic rings. The number of hydrogen-bond acceptors (Lipinski definition) is 4. The van der Waals surface area contributed by atoms with Gasteiger partial charge < -0.3 is 4.74 Å². The predicted molar refractivity (Wildman–Crippen MR) is 66.2 cm³/mol. The van der Waals surface area contributed by atoms with Crippen molar-refractivity contribution in [3.05, 3.63) is 35.9 Å². The molecule has 1 aromatic carbocycles. The minimum absolute atomic E-state index is 0.135. The molecule has 0 aliphatic carbocycles. The maximum absolute atomic E-state index is 11.9. The predicted octanol–water partition coefficient (Wildman–Crippen LogP) is 2.17. The molecule has 0 aliphatic heterocycles. The van der Waals surface area contributed by atoms with E-state index in [2.05, 4.69) is 0 Å². The van der Waals surface area contributed by atoms with E-state index in [1.54, 1.807) is 37.3 Å². The summed E-state index contributed by atoms with van der Waals surface area (Å²) in [7, 11) is 0. The van der Waals surface area contributed by atoms with Crippen LogP contribution in [0.15, 0.2) is 30.3 Å². The van der Waals surface area contributed by atoms with Crippen LogP contribution in [0.25, 0.3) is 0 Å². The van der Waals surface area contributed by atoms with E-state index in [0.29, 0.717) is 5.56 Å². The Balaban J connectivity index is 3.02. The maximum atomic E-state index is 11.9. The van der Waals surface area contributed by atoms with Crippen molar-refractivity contribution < 1.29 is 19.1 Å². The smallest absolute Gasteiger partial charge is 0.339 e. The van der Waals surface area contributed by atoms with Crippen molar-refractivity contribution in [1.29, 1.82) is 0 Å². The second-order valence-corrected chi connectivity index (χ2v) is 4.05. The number of Topliss-reactive ketones (excluding diaryl/α,β-unsaturated/α-hetero) is 2. The Labute approximate surface area is 106 Å². The zero-order valence-electron chi connectivity index (χ0n) is 10.7. The molecular weight excluding hydrogens is 232 g/mol. The lowest BCUT2D eigenvalue weighted by Gasteiger charge is -2.27. The van der Waals surface area contributed by atoms with Crippen molar-refractivity contribution in [3.8, 4) is 0 Å². The van der Waals surface area contributed by atoms with Gasteiger partial charge in [0.2, 0.25) is 5.60 Å². The van der Waals surface area contributed by atoms with Crippen LogP contribution >= 0.6 is 0 Å². The average Bonchev–Trinajstić information content (AvgIpc) is 2.36. The van der Waals surface area contributed by atoms with Crippen molar-refractivity contribution >= 4 is 17.5 Å². The van der Waals surface area contributed by atoms with Crippen LogP contribution in [0, 0.1) is 0 Å². The molecule has 4 nitrogen and oxygen atoms in total. The Morgan fingerprint density at radius 1 is 1.06 bits per heavy atom. The van der Waals surface area contributed by atoms with Gasteiger partial charge in [-0.2, -0.15) is 0 Å². The van der Waals surface area contributed by atoms with Crippen molar-refractivity contribution in [2.45, 2.75) is 32.8 Å². The Kier molecular flexibility index (Phi) is 4.37. The lowest BCUT2D eigenvalue weighted by atomic mass is 9.91. The van der Waals surface area contributed by atoms with Crippen LogP contribution in [0.2, 0.25) is 0 Å². The van der Waals surface area contributed by atoms with Crippen LogP contribution in [-0.2, 0) is 14.3 Å². The van der Waals surface area contributed by atoms with Gasteiger partial charge in [0.05, 0.1) is 5.56 Å². The third-order valence-corrected chi connectivity index (χ3v) is 2.91. The molecule has 0 radical (unpaired) electrons. The number of ketones is 2. The SMILES string of the molecule is CCC(OC(=O)c1ccccc1)(C(C)=O)C(C)=O. The molecule has 0 atom stereocenters. The molecule has 1 aromatic rings. The second-order valence-electron chi connectivity index (χ2n) is 4.05. The number of carbonyl (C=O) groups is 3. The largest absolute Gasteiger partial charge is 0.439 e. The molecule has 96 valence electrons. The minimum Gasteiger partial charge on any atom is -0.439 e. The lowest BCUT2D eigenvalue weighted by Crippen LogP contribution is -2.47. The van der Waals surface area contributed by atoms with Gasteiger partial charge in [-0.1, -0.05) is 25.1 Å². The number of rotatable bonds is 5. The normalized spacial score (nSPS) is 10.8. The summed E-state index contributed by atoms with van der Waals surface area (Å²) >= 11 is 0. The van der Waals surface area contributed by atoms with Gasteiger partial charge in [-0.3, -0.25) is 9.59 Å². The van der Waals surface area contributed by atoms with E-state index in [4.69, 9.17) is 4.74 Å². The van der Waals surface area contributed by atoms with Gasteiger partial charge in [-0.05, 0) is 32.4 Å². The van der Waals surface area contributed by atoms with Gasteiger partial charge in [0.25, 0.3) is 0 Å². The fourth-order valence-electron chi connectivity index (χ4n) is 1.75. The van der Waals surface area contributed by atoms with Crippen LogP contribution < -0.4 is 0 Å². The third kappa shape index (κ3) is 2.64. The molecule has 0 saturated heterocycles. The summed E-state index contributed by atoms with van der Waals surface area (Å²) in [6.45, 7) is 4.15. The molecule has 0 fully saturated rings. The van der Waals surface area contributed by atoms with Gasteiger partial charge in [0, 0.05) is 0 Å². The number of benzene rings is 1. The van der Waals surface area contributed by atoms with Crippen LogP contribution in [0.5, 0.6) is 0 Å². The van der Waals surface area contributed by atoms with Crippen molar-refractivity contribution in [2.75, 3.05) is 0 Å². The van der Waals surface area contributed by atoms with Gasteiger partial charge in [-0.15, -0.1) is 0 Å². The van der Waals surface area contributed by atoms with Crippen LogP contribution in [-0.4, -0.2) is 23.1 Å². The van der Waals surface area contributed by atoms with Gasteiger partial charge >= 0.3 is 5.97 Å². The summed E-state index contributed by atoms with van der Waals surface area (Å²) in [4.78, 5) is 35.1. The van der Waals surface area contributed by atoms with Crippen molar-refractivity contribution in [1.82, 2.24) is 0 Å². The first-order valence-electron chi connectivity index (χ1n) is 5.74. The van der Waals surface area contributed by atoms with Crippen molar-refractivity contribution in [2.24, 2.45) is 0 Å². The summed E-state index contributed by atoms with van der Waals surface area (Å²) in [5.41, 5.74) is -1.34. The molecular formula is C14H16O4. The van der Waals surface area contributed by atoms with Gasteiger partial charge in [-0.25, -0.2) is 4.79 Å². The molecule has 0 aromatic heterocycles. The average molecular weight is 248 g/mol. The first kappa shape index (κ1) is 14.1. The maximum Gasteiger partial charge on any atom is 0.339 e. The minimum atomic E-state index is -1.66. The molecule has 0 amide bonds. The standard InChI is InChI=1S/C14H16O4/c1-4-14(10(2)15,11(3)16)18-13(17)12-8-6-5-7-9-12/h5-9H,4H2,1-3H3. The topological polar surface area (TPSA) is 60.4 Å². The molecule has 0 bridgehead atoms. The highest BCUT2D eigenvalue weighted by Crippen LogP contribution is 2.21. The first-order valence-corrected chi connectivity index (χ1v) is 5.74. The van der Waals surface area contributed by atoms with E-state index in [0.717, 1.165) is 0 Å². The highest BCUT2D eigenvalue weighted by Gasteiger charge is 2.43. The highest BCUT2D eigenvalue weighted by atomic mass is 16.6. The Hall–Kier alpha value is -1.97. The summed E-state index contributed by atoms with van der Waals surface area (Å²) in [6, 6.07) is 8.28. The van der Waals surface area contributed by atoms with E-state index >= 15 is 0 Å². The Morgan fingerprint density at radius 3 is 1.94 bits per heavy atom.